The first-order valence-corrected chi connectivity index (χ1v) is 5.16. The largest absolute Gasteiger partial charge is 0.465 e. The molecule has 1 aliphatic heterocycles. The Kier molecular flexibility index (Phi) is 1.82. The summed E-state index contributed by atoms with van der Waals surface area (Å²) in [5, 5.41) is 0.392. The molecule has 2 aromatic rings. The fraction of sp³-hybridized carbons (Fsp3) is 0.444. The van der Waals surface area contributed by atoms with E-state index in [1.54, 1.807) is 0 Å². The predicted molar refractivity (Wildman–Crippen MR) is 55.2 cm³/mol. The molecule has 0 amide bonds. The number of aryl methyl sites for hydroxylation is 2. The highest BCUT2D eigenvalue weighted by molar-refractivity contribution is 6.33. The van der Waals surface area contributed by atoms with Crippen molar-refractivity contribution in [3.05, 3.63) is 11.0 Å². The highest BCUT2D eigenvalue weighted by atomic mass is 35.5. The molecule has 6 heteroatoms. The molecule has 5 nitrogen and oxygen atoms in total. The average molecular weight is 225 g/mol. The summed E-state index contributed by atoms with van der Waals surface area (Å²) < 4.78 is 7.37. The highest BCUT2D eigenvalue weighted by Crippen LogP contribution is 2.26. The molecule has 1 aliphatic rings. The van der Waals surface area contributed by atoms with E-state index in [1.165, 1.54) is 0 Å². The van der Waals surface area contributed by atoms with Crippen molar-refractivity contribution in [2.24, 2.45) is 0 Å². The number of ether oxygens (including phenoxy) is 1. The second-order valence-corrected chi connectivity index (χ2v) is 3.84. The Morgan fingerprint density at radius 1 is 1.33 bits per heavy atom. The van der Waals surface area contributed by atoms with Crippen molar-refractivity contribution >= 4 is 22.8 Å². The Hall–Kier alpha value is -1.36. The number of hydrogen-bond acceptors (Lipinski definition) is 4. The smallest absolute Gasteiger partial charge is 0.298 e. The van der Waals surface area contributed by atoms with Crippen LogP contribution in [0.1, 0.15) is 12.2 Å². The molecule has 0 bridgehead atoms. The SMILES string of the molecule is Cc1nc(Cl)c2nc3n(c2n1)CCCO3. The summed E-state index contributed by atoms with van der Waals surface area (Å²) in [4.78, 5) is 12.7. The van der Waals surface area contributed by atoms with E-state index >= 15 is 0 Å². The molecule has 3 heterocycles. The lowest BCUT2D eigenvalue weighted by atomic mass is 10.4. The van der Waals surface area contributed by atoms with Crippen LogP contribution in [0.15, 0.2) is 0 Å². The van der Waals surface area contributed by atoms with E-state index in [4.69, 9.17) is 16.3 Å². The molecule has 0 saturated carbocycles. The maximum atomic E-state index is 6.00. The lowest BCUT2D eigenvalue weighted by molar-refractivity contribution is 0.233. The van der Waals surface area contributed by atoms with Gasteiger partial charge in [-0.15, -0.1) is 0 Å². The van der Waals surface area contributed by atoms with Gasteiger partial charge >= 0.3 is 0 Å². The van der Waals surface area contributed by atoms with Crippen LogP contribution in [0.4, 0.5) is 0 Å². The number of imidazole rings is 1. The first kappa shape index (κ1) is 8.91. The van der Waals surface area contributed by atoms with Gasteiger partial charge in [0.05, 0.1) is 6.61 Å². The zero-order chi connectivity index (χ0) is 10.4. The van der Waals surface area contributed by atoms with E-state index in [9.17, 15) is 0 Å². The van der Waals surface area contributed by atoms with Crippen molar-refractivity contribution in [3.8, 4) is 6.01 Å². The monoisotopic (exact) mass is 224 g/mol. The predicted octanol–water partition coefficient (Wildman–Crippen LogP) is 1.57. The molecule has 78 valence electrons. The van der Waals surface area contributed by atoms with Crippen LogP contribution >= 0.6 is 11.6 Å². The van der Waals surface area contributed by atoms with Gasteiger partial charge in [0, 0.05) is 6.54 Å². The summed E-state index contributed by atoms with van der Waals surface area (Å²) >= 11 is 6.00. The van der Waals surface area contributed by atoms with Crippen molar-refractivity contribution in [1.82, 2.24) is 19.5 Å². The van der Waals surface area contributed by atoms with Crippen LogP contribution in [0.25, 0.3) is 11.2 Å². The van der Waals surface area contributed by atoms with Crippen molar-refractivity contribution in [2.45, 2.75) is 19.9 Å². The van der Waals surface area contributed by atoms with E-state index in [1.807, 2.05) is 11.5 Å². The Labute approximate surface area is 91.1 Å². The molecule has 3 rings (SSSR count). The van der Waals surface area contributed by atoms with Gasteiger partial charge in [-0.3, -0.25) is 4.57 Å². The fourth-order valence-electron chi connectivity index (χ4n) is 1.75. The van der Waals surface area contributed by atoms with Crippen LogP contribution in [0.2, 0.25) is 5.15 Å². The molecular weight excluding hydrogens is 216 g/mol. The normalized spacial score (nSPS) is 15.1. The Morgan fingerprint density at radius 2 is 2.20 bits per heavy atom. The van der Waals surface area contributed by atoms with Gasteiger partial charge in [-0.2, -0.15) is 4.98 Å². The number of aromatic nitrogens is 4. The minimum Gasteiger partial charge on any atom is -0.465 e. The molecule has 0 aromatic carbocycles. The summed E-state index contributed by atoms with van der Waals surface area (Å²) in [6.45, 7) is 3.39. The molecule has 15 heavy (non-hydrogen) atoms. The lowest BCUT2D eigenvalue weighted by Crippen LogP contribution is -2.14. The van der Waals surface area contributed by atoms with Crippen LogP contribution < -0.4 is 4.74 Å². The van der Waals surface area contributed by atoms with Crippen molar-refractivity contribution < 1.29 is 4.74 Å². The average Bonchev–Trinajstić information content (AvgIpc) is 2.57. The third kappa shape index (κ3) is 1.26. The Balaban J connectivity index is 2.37. The maximum absolute atomic E-state index is 6.00. The number of rotatable bonds is 0. The Bertz CT molecular complexity index is 536. The Morgan fingerprint density at radius 3 is 3.07 bits per heavy atom. The molecule has 0 radical (unpaired) electrons. The van der Waals surface area contributed by atoms with Crippen LogP contribution in [0, 0.1) is 6.92 Å². The van der Waals surface area contributed by atoms with Gasteiger partial charge in [-0.25, -0.2) is 9.97 Å². The number of fused-ring (bicyclic) bond motifs is 3. The maximum Gasteiger partial charge on any atom is 0.298 e. The first-order chi connectivity index (χ1) is 7.25. The summed E-state index contributed by atoms with van der Waals surface area (Å²) in [6, 6.07) is 0.595. The van der Waals surface area contributed by atoms with Crippen molar-refractivity contribution in [3.63, 3.8) is 0 Å². The summed E-state index contributed by atoms with van der Waals surface area (Å²) in [5.74, 6) is 0.653. The lowest BCUT2D eigenvalue weighted by Gasteiger charge is -2.14. The van der Waals surface area contributed by atoms with Gasteiger partial charge in [0.15, 0.2) is 10.8 Å². The fourth-order valence-corrected chi connectivity index (χ4v) is 2.00. The first-order valence-electron chi connectivity index (χ1n) is 4.79. The van der Waals surface area contributed by atoms with Gasteiger partial charge in [-0.05, 0) is 13.3 Å². The minimum absolute atomic E-state index is 0.392. The second kappa shape index (κ2) is 3.06. The molecular formula is C9H9ClN4O. The molecule has 0 saturated heterocycles. The van der Waals surface area contributed by atoms with E-state index in [0.29, 0.717) is 29.1 Å². The van der Waals surface area contributed by atoms with E-state index < -0.39 is 0 Å². The molecule has 0 spiro atoms. The molecule has 0 aliphatic carbocycles. The topological polar surface area (TPSA) is 52.8 Å². The summed E-state index contributed by atoms with van der Waals surface area (Å²) in [6.07, 6.45) is 0.971. The summed E-state index contributed by atoms with van der Waals surface area (Å²) in [7, 11) is 0. The van der Waals surface area contributed by atoms with Crippen LogP contribution in [-0.2, 0) is 6.54 Å². The van der Waals surface area contributed by atoms with E-state index in [2.05, 4.69) is 15.0 Å². The van der Waals surface area contributed by atoms with Gasteiger partial charge in [0.1, 0.15) is 11.3 Å². The highest BCUT2D eigenvalue weighted by Gasteiger charge is 2.19. The van der Waals surface area contributed by atoms with Crippen LogP contribution in [-0.4, -0.2) is 26.1 Å². The number of hydrogen-bond donors (Lipinski definition) is 0. The third-order valence-corrected chi connectivity index (χ3v) is 2.65. The molecule has 0 unspecified atom stereocenters. The zero-order valence-electron chi connectivity index (χ0n) is 8.20. The van der Waals surface area contributed by atoms with E-state index in [0.717, 1.165) is 18.6 Å². The van der Waals surface area contributed by atoms with Crippen molar-refractivity contribution in [2.75, 3.05) is 6.61 Å². The minimum atomic E-state index is 0.392. The molecule has 0 atom stereocenters. The quantitative estimate of drug-likeness (QED) is 0.638. The van der Waals surface area contributed by atoms with Crippen molar-refractivity contribution in [1.29, 1.82) is 0 Å². The van der Waals surface area contributed by atoms with Gasteiger partial charge in [0.25, 0.3) is 6.01 Å². The standard InChI is InChI=1S/C9H9ClN4O/c1-5-11-7(10)6-8(12-5)14-3-2-4-15-9(14)13-6/h2-4H2,1H3. The third-order valence-electron chi connectivity index (χ3n) is 2.39. The van der Waals surface area contributed by atoms with Gasteiger partial charge < -0.3 is 4.74 Å². The van der Waals surface area contributed by atoms with Crippen LogP contribution in [0.5, 0.6) is 6.01 Å². The zero-order valence-corrected chi connectivity index (χ0v) is 8.95. The van der Waals surface area contributed by atoms with Crippen LogP contribution in [0.3, 0.4) is 0 Å². The second-order valence-electron chi connectivity index (χ2n) is 3.48. The van der Waals surface area contributed by atoms with E-state index in [-0.39, 0.29) is 0 Å². The molecule has 0 fully saturated rings. The summed E-state index contributed by atoms with van der Waals surface area (Å²) in [5.41, 5.74) is 1.39. The molecule has 0 N–H and O–H groups in total. The number of nitrogens with zero attached hydrogens (tertiary/aromatic N) is 4. The van der Waals surface area contributed by atoms with Gasteiger partial charge in [-0.1, -0.05) is 11.6 Å². The molecule has 2 aromatic heterocycles. The number of halogens is 1. The van der Waals surface area contributed by atoms with Gasteiger partial charge in [0.2, 0.25) is 0 Å².